The summed E-state index contributed by atoms with van der Waals surface area (Å²) >= 11 is 0. The van der Waals surface area contributed by atoms with E-state index in [-0.39, 0.29) is 30.2 Å². The lowest BCUT2D eigenvalue weighted by molar-refractivity contribution is -0.147. The van der Waals surface area contributed by atoms with Crippen molar-refractivity contribution in [2.75, 3.05) is 26.2 Å². The topological polar surface area (TPSA) is 105 Å². The van der Waals surface area contributed by atoms with Crippen molar-refractivity contribution >= 4 is 41.4 Å². The van der Waals surface area contributed by atoms with Gasteiger partial charge in [0.2, 0.25) is 18.2 Å². The van der Waals surface area contributed by atoms with E-state index in [1.165, 1.54) is 4.90 Å². The zero-order chi connectivity index (χ0) is 30.6. The molecule has 3 atom stereocenters. The molecular formula is C35H47ClN4O4. The summed E-state index contributed by atoms with van der Waals surface area (Å²) in [5.41, 5.74) is 7.07. The Bertz CT molecular complexity index is 1340. The summed E-state index contributed by atoms with van der Waals surface area (Å²) in [6.45, 7) is 6.55. The van der Waals surface area contributed by atoms with Crippen LogP contribution in [0.5, 0.6) is 5.75 Å². The Labute approximate surface area is 267 Å². The van der Waals surface area contributed by atoms with Gasteiger partial charge in [0.15, 0.2) is 0 Å². The molecule has 3 aromatic rings. The molecule has 3 aromatic carbocycles. The van der Waals surface area contributed by atoms with Crippen LogP contribution in [0.2, 0.25) is 0 Å². The third-order valence-electron chi connectivity index (χ3n) is 8.66. The number of nitrogens with two attached hydrogens (primary N) is 1. The molecule has 3 N–H and O–H groups in total. The van der Waals surface area contributed by atoms with Crippen molar-refractivity contribution < 1.29 is 19.1 Å². The summed E-state index contributed by atoms with van der Waals surface area (Å²) in [5, 5.41) is 5.59. The van der Waals surface area contributed by atoms with Crippen LogP contribution in [0.1, 0.15) is 63.9 Å². The molecule has 0 aromatic heterocycles. The highest BCUT2D eigenvalue weighted by Crippen LogP contribution is 2.34. The van der Waals surface area contributed by atoms with Crippen molar-refractivity contribution in [1.82, 2.24) is 15.1 Å². The Balaban J connectivity index is 0.00000529. The molecule has 0 aliphatic carbocycles. The number of fused-ring (bicyclic) bond motifs is 1. The van der Waals surface area contributed by atoms with E-state index >= 15 is 0 Å². The van der Waals surface area contributed by atoms with Gasteiger partial charge in [0.05, 0.1) is 0 Å². The smallest absolute Gasteiger partial charge is 0.240 e. The number of rotatable bonds is 17. The molecule has 238 valence electrons. The number of likely N-dealkylation sites (tertiary alicyclic amines) is 1. The number of hydrogen-bond donors (Lipinski definition) is 2. The molecule has 9 heteroatoms. The van der Waals surface area contributed by atoms with Gasteiger partial charge >= 0.3 is 0 Å². The molecule has 1 heterocycles. The number of amides is 3. The van der Waals surface area contributed by atoms with E-state index in [1.807, 2.05) is 68.4 Å². The minimum absolute atomic E-state index is 0. The van der Waals surface area contributed by atoms with E-state index in [0.717, 1.165) is 60.7 Å². The average molecular weight is 623 g/mol. The Kier molecular flexibility index (Phi) is 14.0. The van der Waals surface area contributed by atoms with Gasteiger partial charge in [-0.05, 0) is 73.5 Å². The van der Waals surface area contributed by atoms with Crippen molar-refractivity contribution in [2.45, 2.75) is 70.5 Å². The Morgan fingerprint density at radius 2 is 1.73 bits per heavy atom. The minimum Gasteiger partial charge on any atom is -0.492 e. The van der Waals surface area contributed by atoms with Gasteiger partial charge in [-0.25, -0.2) is 0 Å². The molecule has 0 bridgehead atoms. The second-order valence-corrected chi connectivity index (χ2v) is 11.3. The SMILES string of the molecule is CCC(CC)C(=O)N1CCCC1N(C=O)C(C(N)=O)C(CCCNCCOc1ccccc1)c1ccc2ccccc2c1.Cl. The van der Waals surface area contributed by atoms with E-state index in [0.29, 0.717) is 32.5 Å². The van der Waals surface area contributed by atoms with E-state index in [4.69, 9.17) is 10.5 Å². The van der Waals surface area contributed by atoms with Gasteiger partial charge in [0, 0.05) is 24.9 Å². The normalized spacial score (nSPS) is 15.9. The fraction of sp³-hybridized carbons (Fsp3) is 0.457. The second-order valence-electron chi connectivity index (χ2n) is 11.3. The van der Waals surface area contributed by atoms with Crippen LogP contribution in [-0.2, 0) is 14.4 Å². The van der Waals surface area contributed by atoms with Crippen LogP contribution in [0.3, 0.4) is 0 Å². The maximum absolute atomic E-state index is 13.5. The average Bonchev–Trinajstić information content (AvgIpc) is 3.52. The molecule has 3 unspecified atom stereocenters. The lowest BCUT2D eigenvalue weighted by Gasteiger charge is -2.41. The Morgan fingerprint density at radius 3 is 2.41 bits per heavy atom. The van der Waals surface area contributed by atoms with E-state index < -0.39 is 18.1 Å². The van der Waals surface area contributed by atoms with E-state index in [9.17, 15) is 14.4 Å². The summed E-state index contributed by atoms with van der Waals surface area (Å²) in [5.74, 6) is -0.111. The first-order valence-corrected chi connectivity index (χ1v) is 15.7. The van der Waals surface area contributed by atoms with Crippen molar-refractivity contribution in [2.24, 2.45) is 11.7 Å². The summed E-state index contributed by atoms with van der Waals surface area (Å²) in [7, 11) is 0. The molecule has 0 spiro atoms. The Hall–Kier alpha value is -3.62. The van der Waals surface area contributed by atoms with Gasteiger partial charge < -0.3 is 25.6 Å². The molecule has 1 aliphatic heterocycles. The third kappa shape index (κ3) is 8.73. The first-order chi connectivity index (χ1) is 21.0. The highest BCUT2D eigenvalue weighted by Gasteiger charge is 2.42. The molecule has 0 radical (unpaired) electrons. The number of para-hydroxylation sites is 1. The molecule has 44 heavy (non-hydrogen) atoms. The molecule has 0 saturated carbocycles. The van der Waals surface area contributed by atoms with Crippen molar-refractivity contribution in [1.29, 1.82) is 0 Å². The maximum atomic E-state index is 13.5. The number of benzene rings is 3. The summed E-state index contributed by atoms with van der Waals surface area (Å²) in [6, 6.07) is 23.1. The van der Waals surface area contributed by atoms with Crippen molar-refractivity contribution in [3.05, 3.63) is 78.4 Å². The lowest BCUT2D eigenvalue weighted by Crippen LogP contribution is -2.57. The van der Waals surface area contributed by atoms with Crippen LogP contribution in [-0.4, -0.2) is 66.5 Å². The standard InChI is InChI=1S/C35H46N4O4.ClH/c1-3-26(4-2)35(42)38-22-11-17-32(38)39(25-40)33(34(36)41)31(29-19-18-27-12-8-9-13-28(27)24-29)16-10-20-37-21-23-43-30-14-6-5-7-15-30;/h5-9,12-15,18-19,24-26,31-33,37H,3-4,10-11,16-17,20-23H2,1-2H3,(H2,36,41);1H. The number of nitrogens with zero attached hydrogens (tertiary/aromatic N) is 2. The highest BCUT2D eigenvalue weighted by atomic mass is 35.5. The van der Waals surface area contributed by atoms with Gasteiger partial charge in [0.25, 0.3) is 0 Å². The van der Waals surface area contributed by atoms with Crippen LogP contribution in [0.15, 0.2) is 72.8 Å². The highest BCUT2D eigenvalue weighted by molar-refractivity contribution is 5.86. The summed E-state index contributed by atoms with van der Waals surface area (Å²) in [4.78, 5) is 42.8. The fourth-order valence-electron chi connectivity index (χ4n) is 6.34. The predicted molar refractivity (Wildman–Crippen MR) is 178 cm³/mol. The maximum Gasteiger partial charge on any atom is 0.240 e. The van der Waals surface area contributed by atoms with Crippen LogP contribution >= 0.6 is 12.4 Å². The van der Waals surface area contributed by atoms with Crippen LogP contribution in [0.4, 0.5) is 0 Å². The number of nitrogens with one attached hydrogen (secondary N) is 1. The van der Waals surface area contributed by atoms with E-state index in [2.05, 4.69) is 23.5 Å². The minimum atomic E-state index is -0.889. The summed E-state index contributed by atoms with van der Waals surface area (Å²) < 4.78 is 5.78. The van der Waals surface area contributed by atoms with Gasteiger partial charge in [-0.2, -0.15) is 0 Å². The van der Waals surface area contributed by atoms with E-state index in [1.54, 1.807) is 4.90 Å². The number of halogens is 1. The lowest BCUT2D eigenvalue weighted by atomic mass is 9.84. The number of ether oxygens (including phenoxy) is 1. The second kappa shape index (κ2) is 17.6. The van der Waals surface area contributed by atoms with Crippen LogP contribution < -0.4 is 15.8 Å². The van der Waals surface area contributed by atoms with Crippen LogP contribution in [0, 0.1) is 5.92 Å². The first kappa shape index (κ1) is 34.9. The fourth-order valence-corrected chi connectivity index (χ4v) is 6.34. The molecule has 8 nitrogen and oxygen atoms in total. The summed E-state index contributed by atoms with van der Waals surface area (Å²) in [6.07, 6.45) is 4.52. The van der Waals surface area contributed by atoms with Crippen molar-refractivity contribution in [3.8, 4) is 5.75 Å². The zero-order valence-corrected chi connectivity index (χ0v) is 26.7. The first-order valence-electron chi connectivity index (χ1n) is 15.7. The monoisotopic (exact) mass is 622 g/mol. The number of carbonyl (C=O) groups excluding carboxylic acids is 3. The molecule has 1 fully saturated rings. The predicted octanol–water partition coefficient (Wildman–Crippen LogP) is 5.49. The van der Waals surface area contributed by atoms with Gasteiger partial charge in [-0.1, -0.05) is 74.5 Å². The number of carbonyl (C=O) groups is 3. The van der Waals surface area contributed by atoms with Crippen molar-refractivity contribution in [3.63, 3.8) is 0 Å². The van der Waals surface area contributed by atoms with Gasteiger partial charge in [-0.3, -0.25) is 14.4 Å². The molecule has 4 rings (SSSR count). The Morgan fingerprint density at radius 1 is 1.02 bits per heavy atom. The van der Waals surface area contributed by atoms with Gasteiger partial charge in [0.1, 0.15) is 24.6 Å². The number of primary amides is 1. The third-order valence-corrected chi connectivity index (χ3v) is 8.66. The largest absolute Gasteiger partial charge is 0.492 e. The van der Waals surface area contributed by atoms with Gasteiger partial charge in [-0.15, -0.1) is 12.4 Å². The molecule has 1 saturated heterocycles. The molecular weight excluding hydrogens is 576 g/mol. The van der Waals surface area contributed by atoms with Crippen LogP contribution in [0.25, 0.3) is 10.8 Å². The quantitative estimate of drug-likeness (QED) is 0.153. The zero-order valence-electron chi connectivity index (χ0n) is 25.9. The molecule has 3 amide bonds. The molecule has 1 aliphatic rings. The number of hydrogen-bond acceptors (Lipinski definition) is 5.